The Kier molecular flexibility index (Phi) is 7.74. The summed E-state index contributed by atoms with van der Waals surface area (Å²) in [6.07, 6.45) is 2.63. The number of hydrogen-bond donors (Lipinski definition) is 3. The molecule has 5 rings (SSSR count). The first-order valence-corrected chi connectivity index (χ1v) is 12.6. The highest BCUT2D eigenvalue weighted by Gasteiger charge is 2.28. The average Bonchev–Trinajstić information content (AvgIpc) is 3.43. The van der Waals surface area contributed by atoms with E-state index in [0.717, 1.165) is 41.7 Å². The number of nitrogens with one attached hydrogen (secondary N) is 3. The molecule has 8 nitrogen and oxygen atoms in total. The number of fused-ring (bicyclic) bond motifs is 1. The number of H-pyrrole nitrogens is 1. The molecular formula is C29H31FN4O4. The first kappa shape index (κ1) is 25.5. The van der Waals surface area contributed by atoms with Gasteiger partial charge >= 0.3 is 0 Å². The zero-order chi connectivity index (χ0) is 26.5. The molecule has 1 aliphatic heterocycles. The van der Waals surface area contributed by atoms with E-state index in [1.807, 2.05) is 18.2 Å². The molecule has 0 bridgehead atoms. The molecule has 1 saturated heterocycles. The van der Waals surface area contributed by atoms with Crippen molar-refractivity contribution in [2.75, 3.05) is 33.9 Å². The van der Waals surface area contributed by atoms with Gasteiger partial charge in [-0.1, -0.05) is 12.1 Å². The van der Waals surface area contributed by atoms with Gasteiger partial charge in [0.15, 0.2) is 0 Å². The zero-order valence-electron chi connectivity index (χ0n) is 21.4. The number of hydrogen-bond acceptors (Lipinski definition) is 6. The summed E-state index contributed by atoms with van der Waals surface area (Å²) < 4.78 is 31.8. The largest absolute Gasteiger partial charge is 0.496 e. The highest BCUT2D eigenvalue weighted by atomic mass is 19.1. The lowest BCUT2D eigenvalue weighted by Crippen LogP contribution is -2.38. The van der Waals surface area contributed by atoms with Crippen LogP contribution in [0.15, 0.2) is 60.8 Å². The molecule has 1 aliphatic rings. The van der Waals surface area contributed by atoms with Gasteiger partial charge in [0.2, 0.25) is 0 Å². The predicted octanol–water partition coefficient (Wildman–Crippen LogP) is 4.42. The molecule has 0 unspecified atom stereocenters. The SMILES string of the molecule is COc1cccc(OC)c1CNC(=O)c1cc([C@@H]2CCNC[C@H]2COc2ccc3cn[nH]c3c2)ccc1F. The fraction of sp³-hybridized carbons (Fsp3) is 0.310. The predicted molar refractivity (Wildman–Crippen MR) is 142 cm³/mol. The molecule has 0 aliphatic carbocycles. The topological polar surface area (TPSA) is 97.5 Å². The molecule has 1 amide bonds. The van der Waals surface area contributed by atoms with E-state index in [1.54, 1.807) is 50.7 Å². The van der Waals surface area contributed by atoms with Gasteiger partial charge in [-0.2, -0.15) is 5.10 Å². The molecule has 3 N–H and O–H groups in total. The van der Waals surface area contributed by atoms with Crippen molar-refractivity contribution in [3.8, 4) is 17.2 Å². The maximum atomic E-state index is 14.8. The molecule has 4 aromatic rings. The Bertz CT molecular complexity index is 1400. The fourth-order valence-electron chi connectivity index (χ4n) is 5.06. The summed E-state index contributed by atoms with van der Waals surface area (Å²) in [6.45, 7) is 2.24. The lowest BCUT2D eigenvalue weighted by molar-refractivity contribution is 0.0946. The third kappa shape index (κ3) is 5.43. The fourth-order valence-corrected chi connectivity index (χ4v) is 5.06. The third-order valence-electron chi connectivity index (χ3n) is 7.10. The van der Waals surface area contributed by atoms with Gasteiger partial charge in [-0.05, 0) is 60.8 Å². The van der Waals surface area contributed by atoms with Gasteiger partial charge in [0, 0.05) is 23.9 Å². The minimum Gasteiger partial charge on any atom is -0.496 e. The average molecular weight is 519 g/mol. The normalized spacial score (nSPS) is 17.2. The number of carbonyl (C=O) groups is 1. The molecule has 0 spiro atoms. The Morgan fingerprint density at radius 2 is 1.92 bits per heavy atom. The molecule has 2 heterocycles. The van der Waals surface area contributed by atoms with Gasteiger partial charge in [-0.3, -0.25) is 9.89 Å². The smallest absolute Gasteiger partial charge is 0.254 e. The number of methoxy groups -OCH3 is 2. The lowest BCUT2D eigenvalue weighted by Gasteiger charge is -2.32. The van der Waals surface area contributed by atoms with E-state index < -0.39 is 11.7 Å². The Labute approximate surface area is 220 Å². The monoisotopic (exact) mass is 518 g/mol. The summed E-state index contributed by atoms with van der Waals surface area (Å²) in [5, 5.41) is 14.3. The number of ether oxygens (including phenoxy) is 3. The maximum Gasteiger partial charge on any atom is 0.254 e. The number of aromatic nitrogens is 2. The molecule has 0 saturated carbocycles. The zero-order valence-corrected chi connectivity index (χ0v) is 21.4. The number of nitrogens with zero attached hydrogens (tertiary/aromatic N) is 1. The minimum absolute atomic E-state index is 0.0132. The summed E-state index contributed by atoms with van der Waals surface area (Å²) in [6, 6.07) is 16.0. The van der Waals surface area contributed by atoms with Crippen LogP contribution in [0.5, 0.6) is 17.2 Å². The van der Waals surface area contributed by atoms with E-state index in [9.17, 15) is 9.18 Å². The van der Waals surface area contributed by atoms with Crippen LogP contribution in [0.3, 0.4) is 0 Å². The minimum atomic E-state index is -0.562. The second-order valence-electron chi connectivity index (χ2n) is 9.35. The lowest BCUT2D eigenvalue weighted by atomic mass is 9.81. The number of halogens is 1. The first-order valence-electron chi connectivity index (χ1n) is 12.6. The maximum absolute atomic E-state index is 14.8. The van der Waals surface area contributed by atoms with Gasteiger partial charge < -0.3 is 24.8 Å². The summed E-state index contributed by atoms with van der Waals surface area (Å²) in [4.78, 5) is 13.1. The van der Waals surface area contributed by atoms with Crippen LogP contribution < -0.4 is 24.8 Å². The number of rotatable bonds is 9. The van der Waals surface area contributed by atoms with Gasteiger partial charge in [-0.25, -0.2) is 4.39 Å². The van der Waals surface area contributed by atoms with Crippen LogP contribution in [0.2, 0.25) is 0 Å². The standard InChI is InChI=1S/C29H31FN4O4/c1-36-27-4-3-5-28(37-2)24(27)16-32-29(35)23-12-18(7-9-25(23)30)22-10-11-31-14-20(22)17-38-21-8-6-19-15-33-34-26(19)13-21/h3-9,12-13,15,20,22,31H,10-11,14,16-17H2,1-2H3,(H,32,35)(H,33,34)/t20-,22-/m0/s1. The molecule has 0 radical (unpaired) electrons. The Hall–Kier alpha value is -4.11. The molecule has 38 heavy (non-hydrogen) atoms. The number of benzene rings is 3. The number of piperidine rings is 1. The summed E-state index contributed by atoms with van der Waals surface area (Å²) >= 11 is 0. The van der Waals surface area contributed by atoms with Crippen LogP contribution in [-0.4, -0.2) is 50.0 Å². The Morgan fingerprint density at radius 1 is 1.11 bits per heavy atom. The second kappa shape index (κ2) is 11.5. The van der Waals surface area contributed by atoms with Crippen LogP contribution in [0.4, 0.5) is 4.39 Å². The van der Waals surface area contributed by atoms with Crippen LogP contribution in [0, 0.1) is 11.7 Å². The van der Waals surface area contributed by atoms with E-state index >= 15 is 0 Å². The second-order valence-corrected chi connectivity index (χ2v) is 9.35. The van der Waals surface area contributed by atoms with Gasteiger partial charge in [-0.15, -0.1) is 0 Å². The van der Waals surface area contributed by atoms with Crippen molar-refractivity contribution in [2.24, 2.45) is 5.92 Å². The van der Waals surface area contributed by atoms with Crippen LogP contribution in [0.25, 0.3) is 10.9 Å². The van der Waals surface area contributed by atoms with Crippen LogP contribution in [-0.2, 0) is 6.54 Å². The van der Waals surface area contributed by atoms with E-state index in [4.69, 9.17) is 14.2 Å². The molecule has 2 atom stereocenters. The van der Waals surface area contributed by atoms with E-state index in [-0.39, 0.29) is 23.9 Å². The van der Waals surface area contributed by atoms with Crippen molar-refractivity contribution in [1.29, 1.82) is 0 Å². The highest BCUT2D eigenvalue weighted by Crippen LogP contribution is 2.33. The van der Waals surface area contributed by atoms with E-state index in [2.05, 4.69) is 20.8 Å². The number of carbonyl (C=O) groups excluding carboxylic acids is 1. The number of amides is 1. The van der Waals surface area contributed by atoms with Crippen LogP contribution in [0.1, 0.15) is 33.8 Å². The highest BCUT2D eigenvalue weighted by molar-refractivity contribution is 5.94. The van der Waals surface area contributed by atoms with Gasteiger partial charge in [0.25, 0.3) is 5.91 Å². The van der Waals surface area contributed by atoms with E-state index in [1.165, 1.54) is 6.07 Å². The summed E-state index contributed by atoms with van der Waals surface area (Å²) in [5.41, 5.74) is 2.54. The van der Waals surface area contributed by atoms with Crippen molar-refractivity contribution in [3.05, 3.63) is 83.3 Å². The molecule has 198 valence electrons. The van der Waals surface area contributed by atoms with Crippen molar-refractivity contribution in [3.63, 3.8) is 0 Å². The van der Waals surface area contributed by atoms with E-state index in [0.29, 0.717) is 23.7 Å². The Balaban J connectivity index is 1.30. The summed E-state index contributed by atoms with van der Waals surface area (Å²) in [7, 11) is 3.11. The molecular weight excluding hydrogens is 487 g/mol. The molecule has 9 heteroatoms. The molecule has 1 fully saturated rings. The van der Waals surface area contributed by atoms with Crippen molar-refractivity contribution >= 4 is 16.8 Å². The molecule has 3 aromatic carbocycles. The van der Waals surface area contributed by atoms with Crippen molar-refractivity contribution in [1.82, 2.24) is 20.8 Å². The van der Waals surface area contributed by atoms with Gasteiger partial charge in [0.05, 0.1) is 50.2 Å². The summed E-state index contributed by atoms with van der Waals surface area (Å²) in [5.74, 6) is 1.15. The van der Waals surface area contributed by atoms with Gasteiger partial charge in [0.1, 0.15) is 23.1 Å². The number of aromatic amines is 1. The third-order valence-corrected chi connectivity index (χ3v) is 7.10. The van der Waals surface area contributed by atoms with Crippen molar-refractivity contribution < 1.29 is 23.4 Å². The quantitative estimate of drug-likeness (QED) is 0.304. The molecule has 1 aromatic heterocycles. The first-order chi connectivity index (χ1) is 18.6. The Morgan fingerprint density at radius 3 is 2.71 bits per heavy atom. The van der Waals surface area contributed by atoms with Crippen LogP contribution >= 0.6 is 0 Å². The van der Waals surface area contributed by atoms with Crippen molar-refractivity contribution in [2.45, 2.75) is 18.9 Å².